The Hall–Kier alpha value is -1.43. The average Bonchev–Trinajstić information content (AvgIpc) is 2.96. The van der Waals surface area contributed by atoms with Crippen LogP contribution in [0, 0.1) is 0 Å². The molecule has 0 saturated carbocycles. The Labute approximate surface area is 255 Å². The van der Waals surface area contributed by atoms with Gasteiger partial charge in [0.1, 0.15) is 0 Å². The van der Waals surface area contributed by atoms with Gasteiger partial charge in [-0.25, -0.2) is 0 Å². The number of carbonyl (C=O) groups excluding carboxylic acids is 1. The maximum atomic E-state index is 13.5. The lowest BCUT2D eigenvalue weighted by Crippen LogP contribution is -2.46. The molecule has 0 saturated heterocycles. The lowest BCUT2D eigenvalue weighted by molar-refractivity contribution is -0.136. The molecule has 0 bridgehead atoms. The van der Waals surface area contributed by atoms with Crippen molar-refractivity contribution in [1.82, 2.24) is 9.80 Å². The Morgan fingerprint density at radius 1 is 0.585 bits per heavy atom. The van der Waals surface area contributed by atoms with E-state index in [1.807, 2.05) is 0 Å². The zero-order valence-corrected chi connectivity index (χ0v) is 27.9. The third kappa shape index (κ3) is 27.2. The van der Waals surface area contributed by atoms with Gasteiger partial charge in [-0.05, 0) is 84.8 Å². The van der Waals surface area contributed by atoms with Crippen LogP contribution < -0.4 is 0 Å². The summed E-state index contributed by atoms with van der Waals surface area (Å²) < 4.78 is 12.2. The average molecular weight is 577 g/mol. The minimum absolute atomic E-state index is 0.0631. The van der Waals surface area contributed by atoms with Crippen molar-refractivity contribution in [3.63, 3.8) is 0 Å². The van der Waals surface area contributed by atoms with Gasteiger partial charge in [-0.1, -0.05) is 95.8 Å². The van der Waals surface area contributed by atoms with Crippen LogP contribution in [0.3, 0.4) is 0 Å². The van der Waals surface area contributed by atoms with Crippen LogP contribution in [0.4, 0.5) is 0 Å². The van der Waals surface area contributed by atoms with Gasteiger partial charge < -0.3 is 19.3 Å². The van der Waals surface area contributed by atoms with Crippen molar-refractivity contribution in [2.45, 2.75) is 136 Å². The molecule has 0 atom stereocenters. The van der Waals surface area contributed by atoms with E-state index < -0.39 is 0 Å². The molecular formula is C36H68N2O3. The SMILES string of the molecule is CCCCC/C=C\CCCN(C(=O)CCCCN(C)C)C(COC/C=C\CCCCC)COC/C=C\CCCCC. The minimum Gasteiger partial charge on any atom is -0.375 e. The topological polar surface area (TPSA) is 42.0 Å². The number of hydrogen-bond acceptors (Lipinski definition) is 4. The number of allylic oxidation sites excluding steroid dienone is 4. The quantitative estimate of drug-likeness (QED) is 0.0631. The van der Waals surface area contributed by atoms with E-state index in [9.17, 15) is 4.79 Å². The van der Waals surface area contributed by atoms with E-state index in [0.717, 1.165) is 58.0 Å². The molecule has 0 aromatic heterocycles. The molecule has 240 valence electrons. The molecule has 5 nitrogen and oxygen atoms in total. The van der Waals surface area contributed by atoms with Crippen LogP contribution in [-0.4, -0.2) is 75.4 Å². The molecule has 0 unspecified atom stereocenters. The molecule has 0 spiro atoms. The van der Waals surface area contributed by atoms with E-state index in [-0.39, 0.29) is 11.9 Å². The van der Waals surface area contributed by atoms with Crippen LogP contribution in [0.2, 0.25) is 0 Å². The van der Waals surface area contributed by atoms with E-state index in [4.69, 9.17) is 9.47 Å². The highest BCUT2D eigenvalue weighted by Crippen LogP contribution is 2.12. The van der Waals surface area contributed by atoms with Gasteiger partial charge in [-0.3, -0.25) is 4.79 Å². The van der Waals surface area contributed by atoms with E-state index in [1.54, 1.807) is 0 Å². The number of hydrogen-bond donors (Lipinski definition) is 0. The van der Waals surface area contributed by atoms with E-state index in [1.165, 1.54) is 57.8 Å². The standard InChI is InChI=1S/C36H68N2O3/c1-6-9-12-15-18-19-20-24-30-38(36(39)28-23-25-29-37(4)5)35(33-40-31-26-21-16-13-10-7-2)34-41-32-27-22-17-14-11-8-3/h18-19,21-22,26-27,35H,6-17,20,23-25,28-34H2,1-5H3/b19-18-,26-21-,27-22-. The molecular weight excluding hydrogens is 508 g/mol. The van der Waals surface area contributed by atoms with Crippen LogP contribution in [0.1, 0.15) is 130 Å². The van der Waals surface area contributed by atoms with E-state index in [2.05, 4.69) is 81.1 Å². The van der Waals surface area contributed by atoms with Crippen LogP contribution >= 0.6 is 0 Å². The molecule has 0 N–H and O–H groups in total. The van der Waals surface area contributed by atoms with E-state index >= 15 is 0 Å². The molecule has 1 amide bonds. The summed E-state index contributed by atoms with van der Waals surface area (Å²) in [4.78, 5) is 17.7. The van der Waals surface area contributed by atoms with Crippen molar-refractivity contribution in [3.8, 4) is 0 Å². The molecule has 0 aromatic rings. The second-order valence-corrected chi connectivity index (χ2v) is 11.6. The molecule has 5 heteroatoms. The summed E-state index contributed by atoms with van der Waals surface area (Å²) in [5.41, 5.74) is 0. The van der Waals surface area contributed by atoms with Crippen molar-refractivity contribution in [2.24, 2.45) is 0 Å². The summed E-state index contributed by atoms with van der Waals surface area (Å²) in [6.07, 6.45) is 32.5. The smallest absolute Gasteiger partial charge is 0.222 e. The largest absolute Gasteiger partial charge is 0.375 e. The van der Waals surface area contributed by atoms with Crippen molar-refractivity contribution < 1.29 is 14.3 Å². The first-order valence-electron chi connectivity index (χ1n) is 17.1. The highest BCUT2D eigenvalue weighted by molar-refractivity contribution is 5.76. The van der Waals surface area contributed by atoms with Gasteiger partial charge in [0.05, 0.1) is 32.5 Å². The maximum Gasteiger partial charge on any atom is 0.222 e. The Morgan fingerprint density at radius 2 is 1.05 bits per heavy atom. The molecule has 0 aromatic carbocycles. The summed E-state index contributed by atoms with van der Waals surface area (Å²) >= 11 is 0. The Kier molecular flexibility index (Phi) is 30.4. The molecule has 41 heavy (non-hydrogen) atoms. The van der Waals surface area contributed by atoms with Crippen LogP contribution in [-0.2, 0) is 14.3 Å². The summed E-state index contributed by atoms with van der Waals surface area (Å²) in [7, 11) is 4.18. The second-order valence-electron chi connectivity index (χ2n) is 11.6. The number of rotatable bonds is 30. The summed E-state index contributed by atoms with van der Waals surface area (Å²) in [6, 6.07) is -0.0631. The molecule has 0 aliphatic rings. The predicted molar refractivity (Wildman–Crippen MR) is 179 cm³/mol. The maximum absolute atomic E-state index is 13.5. The lowest BCUT2D eigenvalue weighted by Gasteiger charge is -2.32. The van der Waals surface area contributed by atoms with Gasteiger partial charge in [-0.2, -0.15) is 0 Å². The summed E-state index contributed by atoms with van der Waals surface area (Å²) in [5, 5.41) is 0. The van der Waals surface area contributed by atoms with Gasteiger partial charge in [-0.15, -0.1) is 0 Å². The first-order chi connectivity index (χ1) is 20.1. The Balaban J connectivity index is 5.14. The fourth-order valence-corrected chi connectivity index (χ4v) is 4.65. The number of amides is 1. The Morgan fingerprint density at radius 3 is 1.51 bits per heavy atom. The minimum atomic E-state index is -0.0631. The van der Waals surface area contributed by atoms with Crippen LogP contribution in [0.15, 0.2) is 36.5 Å². The first-order valence-corrected chi connectivity index (χ1v) is 17.1. The zero-order chi connectivity index (χ0) is 30.2. The number of carbonyl (C=O) groups is 1. The number of unbranched alkanes of at least 4 members (excludes halogenated alkanes) is 11. The highest BCUT2D eigenvalue weighted by atomic mass is 16.5. The molecule has 0 aliphatic heterocycles. The zero-order valence-electron chi connectivity index (χ0n) is 27.9. The predicted octanol–water partition coefficient (Wildman–Crippen LogP) is 9.14. The van der Waals surface area contributed by atoms with Gasteiger partial charge in [0, 0.05) is 13.0 Å². The summed E-state index contributed by atoms with van der Waals surface area (Å²) in [6.45, 7) is 10.7. The third-order valence-electron chi connectivity index (χ3n) is 7.25. The van der Waals surface area contributed by atoms with E-state index in [0.29, 0.717) is 32.8 Å². The van der Waals surface area contributed by atoms with Gasteiger partial charge in [0.15, 0.2) is 0 Å². The monoisotopic (exact) mass is 577 g/mol. The van der Waals surface area contributed by atoms with Crippen molar-refractivity contribution >= 4 is 5.91 Å². The molecule has 0 rings (SSSR count). The van der Waals surface area contributed by atoms with Crippen molar-refractivity contribution in [2.75, 3.05) is 53.6 Å². The molecule has 0 heterocycles. The van der Waals surface area contributed by atoms with Gasteiger partial charge >= 0.3 is 0 Å². The summed E-state index contributed by atoms with van der Waals surface area (Å²) in [5.74, 6) is 0.234. The first kappa shape index (κ1) is 39.6. The van der Waals surface area contributed by atoms with Crippen LogP contribution in [0.25, 0.3) is 0 Å². The van der Waals surface area contributed by atoms with Gasteiger partial charge in [0.25, 0.3) is 0 Å². The number of nitrogens with zero attached hydrogens (tertiary/aromatic N) is 2. The van der Waals surface area contributed by atoms with Crippen molar-refractivity contribution in [3.05, 3.63) is 36.5 Å². The van der Waals surface area contributed by atoms with Crippen LogP contribution in [0.5, 0.6) is 0 Å². The molecule has 0 aliphatic carbocycles. The van der Waals surface area contributed by atoms with Gasteiger partial charge in [0.2, 0.25) is 5.91 Å². The number of ether oxygens (including phenoxy) is 2. The fraction of sp³-hybridized carbons (Fsp3) is 0.806. The Bertz CT molecular complexity index is 619. The molecule has 0 radical (unpaired) electrons. The van der Waals surface area contributed by atoms with Crippen molar-refractivity contribution in [1.29, 1.82) is 0 Å². The highest BCUT2D eigenvalue weighted by Gasteiger charge is 2.23. The normalized spacial score (nSPS) is 12.3. The molecule has 0 fully saturated rings. The fourth-order valence-electron chi connectivity index (χ4n) is 4.65. The lowest BCUT2D eigenvalue weighted by atomic mass is 10.1. The second kappa shape index (κ2) is 31.5. The third-order valence-corrected chi connectivity index (χ3v) is 7.25.